The zero-order valence-electron chi connectivity index (χ0n) is 9.64. The van der Waals surface area contributed by atoms with E-state index in [1.165, 1.54) is 0 Å². The van der Waals surface area contributed by atoms with Crippen LogP contribution in [0.25, 0.3) is 0 Å². The molecule has 4 heteroatoms. The lowest BCUT2D eigenvalue weighted by Gasteiger charge is -2.30. The summed E-state index contributed by atoms with van der Waals surface area (Å²) in [5.74, 6) is 0.689. The van der Waals surface area contributed by atoms with E-state index in [0.29, 0.717) is 5.92 Å². The number of nitro benzene ring substituents is 1. The van der Waals surface area contributed by atoms with Crippen molar-refractivity contribution in [2.45, 2.75) is 19.3 Å². The molecule has 1 aliphatic carbocycles. The Kier molecular flexibility index (Phi) is 2.18. The van der Waals surface area contributed by atoms with Gasteiger partial charge >= 0.3 is 0 Å². The van der Waals surface area contributed by atoms with Crippen molar-refractivity contribution in [1.29, 1.82) is 0 Å². The van der Waals surface area contributed by atoms with Crippen LogP contribution in [0, 0.1) is 23.0 Å². The molecule has 0 bridgehead atoms. The quantitative estimate of drug-likeness (QED) is 0.458. The Hall–Kier alpha value is -1.84. The minimum Gasteiger partial charge on any atom is -0.384 e. The first-order chi connectivity index (χ1) is 8.18. The molecular formula is C13H14N2O2. The van der Waals surface area contributed by atoms with Crippen molar-refractivity contribution in [2.75, 3.05) is 11.9 Å². The first-order valence-corrected chi connectivity index (χ1v) is 5.87. The molecule has 1 aliphatic heterocycles. The fourth-order valence-corrected chi connectivity index (χ4v) is 2.93. The van der Waals surface area contributed by atoms with Crippen LogP contribution in [-0.4, -0.2) is 11.5 Å². The summed E-state index contributed by atoms with van der Waals surface area (Å²) in [6.07, 6.45) is 5.27. The van der Waals surface area contributed by atoms with E-state index in [1.54, 1.807) is 6.07 Å². The zero-order chi connectivity index (χ0) is 12.0. The normalized spacial score (nSPS) is 25.0. The highest BCUT2D eigenvalue weighted by Gasteiger charge is 2.36. The van der Waals surface area contributed by atoms with Gasteiger partial charge in [-0.05, 0) is 24.8 Å². The van der Waals surface area contributed by atoms with E-state index in [9.17, 15) is 10.1 Å². The first-order valence-electron chi connectivity index (χ1n) is 5.87. The number of hydrogen-bond donors (Lipinski definition) is 1. The van der Waals surface area contributed by atoms with Crippen molar-refractivity contribution in [1.82, 2.24) is 0 Å². The van der Waals surface area contributed by atoms with Gasteiger partial charge in [-0.15, -0.1) is 0 Å². The highest BCUT2D eigenvalue weighted by molar-refractivity contribution is 5.69. The van der Waals surface area contributed by atoms with Crippen LogP contribution in [0.3, 0.4) is 0 Å². The van der Waals surface area contributed by atoms with Crippen LogP contribution in [0.15, 0.2) is 24.3 Å². The average molecular weight is 230 g/mol. The minimum absolute atomic E-state index is 0.214. The summed E-state index contributed by atoms with van der Waals surface area (Å²) in [5, 5.41) is 14.5. The lowest BCUT2D eigenvalue weighted by molar-refractivity contribution is -0.385. The van der Waals surface area contributed by atoms with E-state index in [1.807, 2.05) is 13.0 Å². The molecule has 2 aliphatic rings. The molecule has 1 heterocycles. The second kappa shape index (κ2) is 3.58. The molecular weight excluding hydrogens is 216 g/mol. The summed E-state index contributed by atoms with van der Waals surface area (Å²) in [5.41, 5.74) is 3.18. The van der Waals surface area contributed by atoms with Gasteiger partial charge in [0.15, 0.2) is 0 Å². The highest BCUT2D eigenvalue weighted by atomic mass is 16.6. The third-order valence-corrected chi connectivity index (χ3v) is 3.79. The fraction of sp³-hybridized carbons (Fsp3) is 0.385. The fourth-order valence-electron chi connectivity index (χ4n) is 2.93. The molecule has 2 atom stereocenters. The monoisotopic (exact) mass is 230 g/mol. The Bertz CT molecular complexity index is 522. The molecule has 1 aromatic rings. The number of nitrogens with one attached hydrogen (secondary N) is 1. The first kappa shape index (κ1) is 10.3. The van der Waals surface area contributed by atoms with Crippen molar-refractivity contribution in [2.24, 2.45) is 5.92 Å². The van der Waals surface area contributed by atoms with Crippen molar-refractivity contribution in [3.05, 3.63) is 45.5 Å². The van der Waals surface area contributed by atoms with Crippen molar-refractivity contribution < 1.29 is 4.92 Å². The molecule has 0 fully saturated rings. The van der Waals surface area contributed by atoms with Crippen LogP contribution in [0.4, 0.5) is 11.4 Å². The summed E-state index contributed by atoms with van der Waals surface area (Å²) in [7, 11) is 0. The molecule has 3 rings (SSSR count). The minimum atomic E-state index is -0.269. The molecule has 17 heavy (non-hydrogen) atoms. The molecule has 0 spiro atoms. The van der Waals surface area contributed by atoms with Gasteiger partial charge in [-0.2, -0.15) is 0 Å². The summed E-state index contributed by atoms with van der Waals surface area (Å²) < 4.78 is 0. The van der Waals surface area contributed by atoms with Crippen LogP contribution in [0.2, 0.25) is 0 Å². The predicted molar refractivity (Wildman–Crippen MR) is 66.3 cm³/mol. The maximum absolute atomic E-state index is 11.1. The smallest absolute Gasteiger partial charge is 0.275 e. The van der Waals surface area contributed by atoms with Crippen molar-refractivity contribution in [3.63, 3.8) is 0 Å². The SMILES string of the molecule is Cc1ccc([N+](=O)[O-])c2c1NC[C@@H]1CC=C[C@H]21. The van der Waals surface area contributed by atoms with Crippen LogP contribution in [0.1, 0.15) is 23.5 Å². The number of hydrogen-bond acceptors (Lipinski definition) is 3. The van der Waals surface area contributed by atoms with Gasteiger partial charge in [-0.3, -0.25) is 10.1 Å². The van der Waals surface area contributed by atoms with Gasteiger partial charge in [-0.25, -0.2) is 0 Å². The van der Waals surface area contributed by atoms with Crippen LogP contribution in [0.5, 0.6) is 0 Å². The van der Waals surface area contributed by atoms with Crippen molar-refractivity contribution >= 4 is 11.4 Å². The van der Waals surface area contributed by atoms with Gasteiger partial charge in [0.2, 0.25) is 0 Å². The van der Waals surface area contributed by atoms with Gasteiger partial charge < -0.3 is 5.32 Å². The average Bonchev–Trinajstić information content (AvgIpc) is 2.77. The molecule has 88 valence electrons. The van der Waals surface area contributed by atoms with Gasteiger partial charge in [0.25, 0.3) is 5.69 Å². The van der Waals surface area contributed by atoms with E-state index in [2.05, 4.69) is 17.5 Å². The molecule has 1 N–H and O–H groups in total. The van der Waals surface area contributed by atoms with Crippen LogP contribution >= 0.6 is 0 Å². The second-order valence-corrected chi connectivity index (χ2v) is 4.78. The maximum atomic E-state index is 11.1. The van der Waals surface area contributed by atoms with E-state index in [4.69, 9.17) is 0 Å². The Morgan fingerprint density at radius 3 is 3.06 bits per heavy atom. The molecule has 0 saturated carbocycles. The predicted octanol–water partition coefficient (Wildman–Crippen LogP) is 2.99. The topological polar surface area (TPSA) is 55.2 Å². The van der Waals surface area contributed by atoms with E-state index in [-0.39, 0.29) is 16.5 Å². The lowest BCUT2D eigenvalue weighted by Crippen LogP contribution is -2.25. The van der Waals surface area contributed by atoms with E-state index < -0.39 is 0 Å². The van der Waals surface area contributed by atoms with Crippen LogP contribution in [-0.2, 0) is 0 Å². The third-order valence-electron chi connectivity index (χ3n) is 3.79. The molecule has 0 aromatic heterocycles. The number of benzene rings is 1. The Morgan fingerprint density at radius 2 is 2.29 bits per heavy atom. The summed E-state index contributed by atoms with van der Waals surface area (Å²) in [6, 6.07) is 3.45. The van der Waals surface area contributed by atoms with Gasteiger partial charge in [-0.1, -0.05) is 18.2 Å². The Balaban J connectivity index is 2.23. The van der Waals surface area contributed by atoms with Gasteiger partial charge in [0.05, 0.1) is 10.5 Å². The summed E-state index contributed by atoms with van der Waals surface area (Å²) in [4.78, 5) is 10.9. The Labute approximate surface area is 99.5 Å². The van der Waals surface area contributed by atoms with Crippen molar-refractivity contribution in [3.8, 4) is 0 Å². The molecule has 1 aromatic carbocycles. The molecule has 0 amide bonds. The summed E-state index contributed by atoms with van der Waals surface area (Å²) >= 11 is 0. The number of anilines is 1. The van der Waals surface area contributed by atoms with E-state index in [0.717, 1.165) is 29.8 Å². The van der Waals surface area contributed by atoms with Gasteiger partial charge in [0.1, 0.15) is 0 Å². The standard InChI is InChI=1S/C13H14N2O2/c1-8-5-6-11(15(16)17)12-10-4-2-3-9(10)7-14-13(8)12/h2,4-6,9-10,14H,3,7H2,1H3/t9-,10-/m0/s1. The molecule has 0 saturated heterocycles. The zero-order valence-corrected chi connectivity index (χ0v) is 9.64. The number of allylic oxidation sites excluding steroid dienone is 2. The molecule has 4 nitrogen and oxygen atoms in total. The number of rotatable bonds is 1. The maximum Gasteiger partial charge on any atom is 0.275 e. The molecule has 0 radical (unpaired) electrons. The third kappa shape index (κ3) is 1.44. The molecule has 0 unspecified atom stereocenters. The number of aryl methyl sites for hydroxylation is 1. The van der Waals surface area contributed by atoms with Crippen LogP contribution < -0.4 is 5.32 Å². The summed E-state index contributed by atoms with van der Waals surface area (Å²) in [6.45, 7) is 2.90. The van der Waals surface area contributed by atoms with Gasteiger partial charge in [0, 0.05) is 24.2 Å². The number of nitrogens with zero attached hydrogens (tertiary/aromatic N) is 1. The number of fused-ring (bicyclic) bond motifs is 3. The Morgan fingerprint density at radius 1 is 1.47 bits per heavy atom. The largest absolute Gasteiger partial charge is 0.384 e. The second-order valence-electron chi connectivity index (χ2n) is 4.78. The number of nitro groups is 1. The lowest BCUT2D eigenvalue weighted by atomic mass is 9.82. The highest BCUT2D eigenvalue weighted by Crippen LogP contribution is 2.46. The van der Waals surface area contributed by atoms with E-state index >= 15 is 0 Å².